The largest absolute Gasteiger partial charge is 0.387 e. The summed E-state index contributed by atoms with van der Waals surface area (Å²) in [4.78, 5) is 16.1. The van der Waals surface area contributed by atoms with Crippen LogP contribution in [0.15, 0.2) is 42.7 Å². The fraction of sp³-hybridized carbons (Fsp3) is 0.368. The smallest absolute Gasteiger partial charge is 0.315 e. The molecule has 0 fully saturated rings. The molecule has 0 unspecified atom stereocenters. The fourth-order valence-electron chi connectivity index (χ4n) is 2.74. The van der Waals surface area contributed by atoms with Crippen LogP contribution in [0.2, 0.25) is 0 Å². The molecule has 0 aliphatic rings. The molecule has 0 aliphatic carbocycles. The summed E-state index contributed by atoms with van der Waals surface area (Å²) in [5, 5.41) is 15.9. The van der Waals surface area contributed by atoms with Gasteiger partial charge < -0.3 is 15.7 Å². The molecule has 1 aromatic carbocycles. The van der Waals surface area contributed by atoms with Gasteiger partial charge in [0.15, 0.2) is 0 Å². The molecule has 0 saturated carbocycles. The molecule has 5 nitrogen and oxygen atoms in total. The van der Waals surface area contributed by atoms with Crippen molar-refractivity contribution in [1.82, 2.24) is 15.6 Å². The van der Waals surface area contributed by atoms with Gasteiger partial charge >= 0.3 is 6.03 Å². The predicted octanol–water partition coefficient (Wildman–Crippen LogP) is 3.18. The standard InChI is InChI=1S/C19H25N3O2/c1-4-17(15-5-7-20-8-6-15)22-19(24)21-12-18(23)16-10-13(2)9-14(3)11-16/h5-11,17-18,23H,4,12H2,1-3H3,(H2,21,22,24)/t17-,18+/m1/s1. The van der Waals surface area contributed by atoms with Crippen molar-refractivity contribution < 1.29 is 9.90 Å². The van der Waals surface area contributed by atoms with Crippen LogP contribution in [0.1, 0.15) is 47.7 Å². The summed E-state index contributed by atoms with van der Waals surface area (Å²) in [6, 6.07) is 9.33. The van der Waals surface area contributed by atoms with E-state index in [0.29, 0.717) is 0 Å². The Kier molecular flexibility index (Phi) is 6.32. The minimum atomic E-state index is -0.727. The van der Waals surface area contributed by atoms with E-state index in [0.717, 1.165) is 28.7 Å². The topological polar surface area (TPSA) is 74.2 Å². The number of aromatic nitrogens is 1. The van der Waals surface area contributed by atoms with Crippen LogP contribution in [0.5, 0.6) is 0 Å². The zero-order chi connectivity index (χ0) is 17.5. The van der Waals surface area contributed by atoms with Gasteiger partial charge in [-0.15, -0.1) is 0 Å². The summed E-state index contributed by atoms with van der Waals surface area (Å²) >= 11 is 0. The van der Waals surface area contributed by atoms with Gasteiger partial charge in [0.2, 0.25) is 0 Å². The number of aliphatic hydroxyl groups excluding tert-OH is 1. The van der Waals surface area contributed by atoms with Gasteiger partial charge in [0.05, 0.1) is 12.1 Å². The number of urea groups is 1. The molecule has 128 valence electrons. The zero-order valence-corrected chi connectivity index (χ0v) is 14.4. The SMILES string of the molecule is CC[C@@H](NC(=O)NC[C@H](O)c1cc(C)cc(C)c1)c1ccncc1. The quantitative estimate of drug-likeness (QED) is 0.763. The van der Waals surface area contributed by atoms with E-state index >= 15 is 0 Å². The average molecular weight is 327 g/mol. The summed E-state index contributed by atoms with van der Waals surface area (Å²) in [6.07, 6.45) is 3.47. The molecular weight excluding hydrogens is 302 g/mol. The van der Waals surface area contributed by atoms with Crippen LogP contribution in [0, 0.1) is 13.8 Å². The summed E-state index contributed by atoms with van der Waals surface area (Å²) < 4.78 is 0. The molecule has 2 atom stereocenters. The molecule has 2 aromatic rings. The van der Waals surface area contributed by atoms with Crippen LogP contribution in [-0.4, -0.2) is 22.7 Å². The Hall–Kier alpha value is -2.40. The molecule has 24 heavy (non-hydrogen) atoms. The number of nitrogens with one attached hydrogen (secondary N) is 2. The van der Waals surface area contributed by atoms with Crippen LogP contribution in [0.25, 0.3) is 0 Å². The first kappa shape index (κ1) is 17.9. The van der Waals surface area contributed by atoms with E-state index < -0.39 is 6.10 Å². The normalized spacial score (nSPS) is 13.2. The lowest BCUT2D eigenvalue weighted by molar-refractivity contribution is 0.172. The van der Waals surface area contributed by atoms with Gasteiger partial charge in [-0.3, -0.25) is 4.98 Å². The van der Waals surface area contributed by atoms with Gasteiger partial charge in [-0.2, -0.15) is 0 Å². The number of hydrogen-bond donors (Lipinski definition) is 3. The van der Waals surface area contributed by atoms with E-state index in [4.69, 9.17) is 0 Å². The number of rotatable bonds is 6. The van der Waals surface area contributed by atoms with Crippen molar-refractivity contribution in [3.05, 3.63) is 65.0 Å². The maximum Gasteiger partial charge on any atom is 0.315 e. The Bertz CT molecular complexity index is 653. The van der Waals surface area contributed by atoms with Crippen molar-refractivity contribution >= 4 is 6.03 Å². The van der Waals surface area contributed by atoms with Crippen molar-refractivity contribution in [2.45, 2.75) is 39.3 Å². The fourth-order valence-corrected chi connectivity index (χ4v) is 2.74. The van der Waals surface area contributed by atoms with Gasteiger partial charge in [0.25, 0.3) is 0 Å². The molecule has 0 radical (unpaired) electrons. The zero-order valence-electron chi connectivity index (χ0n) is 14.4. The first-order valence-corrected chi connectivity index (χ1v) is 8.20. The average Bonchev–Trinajstić information content (AvgIpc) is 2.57. The van der Waals surface area contributed by atoms with Gasteiger partial charge in [0.1, 0.15) is 0 Å². The maximum absolute atomic E-state index is 12.1. The van der Waals surface area contributed by atoms with Crippen LogP contribution < -0.4 is 10.6 Å². The minimum Gasteiger partial charge on any atom is -0.387 e. The highest BCUT2D eigenvalue weighted by Crippen LogP contribution is 2.17. The van der Waals surface area contributed by atoms with E-state index in [-0.39, 0.29) is 18.6 Å². The van der Waals surface area contributed by atoms with E-state index in [2.05, 4.69) is 21.7 Å². The van der Waals surface area contributed by atoms with E-state index in [1.54, 1.807) is 12.4 Å². The molecule has 0 bridgehead atoms. The molecule has 5 heteroatoms. The lowest BCUT2D eigenvalue weighted by atomic mass is 10.0. The first-order chi connectivity index (χ1) is 11.5. The number of aliphatic hydroxyl groups is 1. The number of nitrogens with zero attached hydrogens (tertiary/aromatic N) is 1. The van der Waals surface area contributed by atoms with Crippen LogP contribution in [0.3, 0.4) is 0 Å². The highest BCUT2D eigenvalue weighted by atomic mass is 16.3. The van der Waals surface area contributed by atoms with Crippen molar-refractivity contribution in [2.75, 3.05) is 6.54 Å². The number of carbonyl (C=O) groups excluding carboxylic acids is 1. The lowest BCUT2D eigenvalue weighted by Crippen LogP contribution is -2.39. The van der Waals surface area contributed by atoms with Gasteiger partial charge in [0, 0.05) is 18.9 Å². The molecular formula is C19H25N3O2. The Morgan fingerprint density at radius 1 is 1.12 bits per heavy atom. The van der Waals surface area contributed by atoms with Gasteiger partial charge in [-0.1, -0.05) is 36.2 Å². The first-order valence-electron chi connectivity index (χ1n) is 8.20. The monoisotopic (exact) mass is 327 g/mol. The summed E-state index contributed by atoms with van der Waals surface area (Å²) in [7, 11) is 0. The van der Waals surface area contributed by atoms with Crippen molar-refractivity contribution in [2.24, 2.45) is 0 Å². The second-order valence-electron chi connectivity index (χ2n) is 6.03. The molecule has 1 aromatic heterocycles. The highest BCUT2D eigenvalue weighted by molar-refractivity contribution is 5.74. The number of aryl methyl sites for hydroxylation is 2. The van der Waals surface area contributed by atoms with Crippen LogP contribution in [0.4, 0.5) is 4.79 Å². The number of pyridine rings is 1. The minimum absolute atomic E-state index is 0.0774. The number of benzene rings is 1. The molecule has 1 heterocycles. The van der Waals surface area contributed by atoms with Crippen molar-refractivity contribution in [3.63, 3.8) is 0 Å². The Balaban J connectivity index is 1.90. The Morgan fingerprint density at radius 3 is 2.33 bits per heavy atom. The number of carbonyl (C=O) groups is 1. The van der Waals surface area contributed by atoms with E-state index in [9.17, 15) is 9.90 Å². The van der Waals surface area contributed by atoms with E-state index in [1.165, 1.54) is 0 Å². The third-order valence-electron chi connectivity index (χ3n) is 3.91. The third kappa shape index (κ3) is 5.06. The molecule has 2 rings (SSSR count). The highest BCUT2D eigenvalue weighted by Gasteiger charge is 2.14. The van der Waals surface area contributed by atoms with E-state index in [1.807, 2.05) is 45.0 Å². The number of amides is 2. The molecule has 0 saturated heterocycles. The summed E-state index contributed by atoms with van der Waals surface area (Å²) in [5.74, 6) is 0. The lowest BCUT2D eigenvalue weighted by Gasteiger charge is -2.19. The predicted molar refractivity (Wildman–Crippen MR) is 94.7 cm³/mol. The molecule has 3 N–H and O–H groups in total. The summed E-state index contributed by atoms with van der Waals surface area (Å²) in [5.41, 5.74) is 4.01. The molecule has 0 aliphatic heterocycles. The van der Waals surface area contributed by atoms with Gasteiger partial charge in [-0.05, 0) is 43.5 Å². The Morgan fingerprint density at radius 2 is 1.75 bits per heavy atom. The number of hydrogen-bond acceptors (Lipinski definition) is 3. The van der Waals surface area contributed by atoms with Crippen molar-refractivity contribution in [3.8, 4) is 0 Å². The summed E-state index contributed by atoms with van der Waals surface area (Å²) in [6.45, 7) is 6.16. The van der Waals surface area contributed by atoms with Gasteiger partial charge in [-0.25, -0.2) is 4.79 Å². The van der Waals surface area contributed by atoms with Crippen LogP contribution in [-0.2, 0) is 0 Å². The second kappa shape index (κ2) is 8.45. The molecule has 0 spiro atoms. The third-order valence-corrected chi connectivity index (χ3v) is 3.91. The Labute approximate surface area is 143 Å². The van der Waals surface area contributed by atoms with Crippen molar-refractivity contribution in [1.29, 1.82) is 0 Å². The molecule has 2 amide bonds. The second-order valence-corrected chi connectivity index (χ2v) is 6.03. The maximum atomic E-state index is 12.1. The van der Waals surface area contributed by atoms with Crippen LogP contribution >= 0.6 is 0 Å².